The van der Waals surface area contributed by atoms with E-state index in [9.17, 15) is 4.79 Å². The van der Waals surface area contributed by atoms with Gasteiger partial charge in [-0.2, -0.15) is 0 Å². The van der Waals surface area contributed by atoms with Crippen LogP contribution in [-0.2, 0) is 16.2 Å². The molecular weight excluding hydrogens is 406 g/mol. The fourth-order valence-corrected chi connectivity index (χ4v) is 4.02. The molecule has 7 nitrogen and oxygen atoms in total. The summed E-state index contributed by atoms with van der Waals surface area (Å²) in [6, 6.07) is 14.3. The van der Waals surface area contributed by atoms with E-state index < -0.39 is 0 Å². The fourth-order valence-electron chi connectivity index (χ4n) is 4.02. The van der Waals surface area contributed by atoms with Crippen LogP contribution in [0.5, 0.6) is 11.5 Å². The minimum atomic E-state index is -0.0528. The van der Waals surface area contributed by atoms with E-state index in [0.717, 1.165) is 66.3 Å². The van der Waals surface area contributed by atoms with Crippen molar-refractivity contribution in [2.45, 2.75) is 38.8 Å². The van der Waals surface area contributed by atoms with Crippen LogP contribution < -0.4 is 14.8 Å². The van der Waals surface area contributed by atoms with Gasteiger partial charge in [-0.15, -0.1) is 0 Å². The van der Waals surface area contributed by atoms with Gasteiger partial charge in [-0.3, -0.25) is 9.69 Å². The lowest BCUT2D eigenvalue weighted by atomic mass is 10.0. The monoisotopic (exact) mass is 437 g/mol. The van der Waals surface area contributed by atoms with E-state index in [0.29, 0.717) is 19.7 Å². The summed E-state index contributed by atoms with van der Waals surface area (Å²) in [6.07, 6.45) is 2.59. The third-order valence-electron chi connectivity index (χ3n) is 5.85. The standard InChI is InChI=1S/C25H31N3O4/c1-3-21-14-23(32-27-21)17-31-24-10-7-19(18-5-8-22(30-2)9-6-18)13-20(24)15-28-12-4-11-26-25(29)16-28/h5-10,13,23H,3-4,11-12,14-17H2,1-2H3,(H,26,29). The summed E-state index contributed by atoms with van der Waals surface area (Å²) in [5.74, 6) is 1.72. The van der Waals surface area contributed by atoms with Gasteiger partial charge < -0.3 is 19.6 Å². The van der Waals surface area contributed by atoms with Crippen molar-refractivity contribution in [1.82, 2.24) is 10.2 Å². The number of hydrogen-bond donors (Lipinski definition) is 1. The molecule has 1 amide bonds. The maximum absolute atomic E-state index is 12.1. The van der Waals surface area contributed by atoms with Crippen molar-refractivity contribution < 1.29 is 19.1 Å². The highest BCUT2D eigenvalue weighted by Gasteiger charge is 2.22. The number of benzene rings is 2. The third-order valence-corrected chi connectivity index (χ3v) is 5.85. The Balaban J connectivity index is 1.54. The molecule has 0 radical (unpaired) electrons. The molecule has 0 aromatic heterocycles. The minimum absolute atomic E-state index is 0.0528. The molecule has 2 aromatic rings. The van der Waals surface area contributed by atoms with E-state index in [2.05, 4.69) is 34.4 Å². The summed E-state index contributed by atoms with van der Waals surface area (Å²) in [5.41, 5.74) is 4.34. The molecular formula is C25H31N3O4. The number of ether oxygens (including phenoxy) is 2. The summed E-state index contributed by atoms with van der Waals surface area (Å²) < 4.78 is 11.5. The molecule has 4 rings (SSSR count). The Morgan fingerprint density at radius 3 is 2.75 bits per heavy atom. The van der Waals surface area contributed by atoms with Gasteiger partial charge in [0.15, 0.2) is 6.10 Å². The second-order valence-electron chi connectivity index (χ2n) is 8.22. The molecule has 1 unspecified atom stereocenters. The lowest BCUT2D eigenvalue weighted by Gasteiger charge is -2.22. The largest absolute Gasteiger partial charge is 0.497 e. The smallest absolute Gasteiger partial charge is 0.234 e. The summed E-state index contributed by atoms with van der Waals surface area (Å²) in [6.45, 7) is 5.16. The van der Waals surface area contributed by atoms with Crippen LogP contribution in [0.1, 0.15) is 31.7 Å². The molecule has 1 atom stereocenters. The number of methoxy groups -OCH3 is 1. The minimum Gasteiger partial charge on any atom is -0.497 e. The average molecular weight is 438 g/mol. The van der Waals surface area contributed by atoms with Crippen molar-refractivity contribution in [3.63, 3.8) is 0 Å². The van der Waals surface area contributed by atoms with E-state index in [1.807, 2.05) is 30.3 Å². The molecule has 1 fully saturated rings. The van der Waals surface area contributed by atoms with Gasteiger partial charge in [-0.05, 0) is 48.2 Å². The number of oxime groups is 1. The van der Waals surface area contributed by atoms with Gasteiger partial charge in [0.2, 0.25) is 5.91 Å². The molecule has 0 saturated carbocycles. The number of carbonyl (C=O) groups excluding carboxylic acids is 1. The molecule has 0 aliphatic carbocycles. The molecule has 2 aliphatic heterocycles. The van der Waals surface area contributed by atoms with E-state index in [4.69, 9.17) is 14.3 Å². The molecule has 0 bridgehead atoms. The van der Waals surface area contributed by atoms with Crippen LogP contribution in [0.4, 0.5) is 0 Å². The zero-order valence-corrected chi connectivity index (χ0v) is 18.8. The van der Waals surface area contributed by atoms with Crippen LogP contribution >= 0.6 is 0 Å². The molecule has 2 aromatic carbocycles. The fraction of sp³-hybridized carbons (Fsp3) is 0.440. The number of carbonyl (C=O) groups is 1. The molecule has 32 heavy (non-hydrogen) atoms. The number of nitrogens with zero attached hydrogens (tertiary/aromatic N) is 2. The quantitative estimate of drug-likeness (QED) is 0.683. The molecule has 1 N–H and O–H groups in total. The summed E-state index contributed by atoms with van der Waals surface area (Å²) in [5, 5.41) is 7.07. The Morgan fingerprint density at radius 2 is 2.00 bits per heavy atom. The molecule has 1 saturated heterocycles. The highest BCUT2D eigenvalue weighted by atomic mass is 16.7. The van der Waals surface area contributed by atoms with E-state index in [-0.39, 0.29) is 12.0 Å². The van der Waals surface area contributed by atoms with Crippen LogP contribution in [0.15, 0.2) is 47.6 Å². The zero-order valence-electron chi connectivity index (χ0n) is 18.8. The Kier molecular flexibility index (Phi) is 7.27. The highest BCUT2D eigenvalue weighted by molar-refractivity contribution is 5.85. The topological polar surface area (TPSA) is 72.4 Å². The molecule has 7 heteroatoms. The predicted molar refractivity (Wildman–Crippen MR) is 124 cm³/mol. The van der Waals surface area contributed by atoms with Crippen molar-refractivity contribution in [2.75, 3.05) is 33.4 Å². The first-order chi connectivity index (χ1) is 15.6. The van der Waals surface area contributed by atoms with Gasteiger partial charge in [0.1, 0.15) is 18.1 Å². The van der Waals surface area contributed by atoms with Crippen molar-refractivity contribution in [2.24, 2.45) is 5.16 Å². The highest BCUT2D eigenvalue weighted by Crippen LogP contribution is 2.30. The maximum Gasteiger partial charge on any atom is 0.234 e. The van der Waals surface area contributed by atoms with Crippen molar-refractivity contribution >= 4 is 11.6 Å². The molecule has 2 heterocycles. The van der Waals surface area contributed by atoms with Gasteiger partial charge in [0.05, 0.1) is 19.4 Å². The SMILES string of the molecule is CCC1=NOC(COc2ccc(-c3ccc(OC)cc3)cc2CN2CCCNC(=O)C2)C1. The summed E-state index contributed by atoms with van der Waals surface area (Å²) >= 11 is 0. The summed E-state index contributed by atoms with van der Waals surface area (Å²) in [4.78, 5) is 19.7. The van der Waals surface area contributed by atoms with Gasteiger partial charge in [0, 0.05) is 31.6 Å². The number of hydrogen-bond acceptors (Lipinski definition) is 6. The van der Waals surface area contributed by atoms with Gasteiger partial charge in [-0.25, -0.2) is 0 Å². The zero-order chi connectivity index (χ0) is 22.3. The maximum atomic E-state index is 12.1. The van der Waals surface area contributed by atoms with Crippen LogP contribution in [-0.4, -0.2) is 56.0 Å². The Bertz CT molecular complexity index is 958. The second-order valence-corrected chi connectivity index (χ2v) is 8.22. The number of amides is 1. The molecule has 0 spiro atoms. The van der Waals surface area contributed by atoms with Gasteiger partial charge in [0.25, 0.3) is 0 Å². The number of nitrogens with one attached hydrogen (secondary N) is 1. The van der Waals surface area contributed by atoms with Crippen LogP contribution in [0.2, 0.25) is 0 Å². The van der Waals surface area contributed by atoms with Crippen molar-refractivity contribution in [1.29, 1.82) is 0 Å². The normalized spacial score (nSPS) is 19.0. The van der Waals surface area contributed by atoms with Crippen LogP contribution in [0.25, 0.3) is 11.1 Å². The Hall–Kier alpha value is -3.06. The first-order valence-electron chi connectivity index (χ1n) is 11.3. The van der Waals surface area contributed by atoms with Crippen LogP contribution in [0.3, 0.4) is 0 Å². The van der Waals surface area contributed by atoms with Crippen molar-refractivity contribution in [3.8, 4) is 22.6 Å². The first kappa shape index (κ1) is 22.1. The lowest BCUT2D eigenvalue weighted by Crippen LogP contribution is -2.32. The molecule has 170 valence electrons. The van der Waals surface area contributed by atoms with Gasteiger partial charge >= 0.3 is 0 Å². The molecule has 2 aliphatic rings. The lowest BCUT2D eigenvalue weighted by molar-refractivity contribution is -0.121. The van der Waals surface area contributed by atoms with E-state index >= 15 is 0 Å². The van der Waals surface area contributed by atoms with Crippen molar-refractivity contribution in [3.05, 3.63) is 48.0 Å². The predicted octanol–water partition coefficient (Wildman–Crippen LogP) is 3.62. The average Bonchev–Trinajstić information content (AvgIpc) is 3.19. The second kappa shape index (κ2) is 10.5. The van der Waals surface area contributed by atoms with E-state index in [1.54, 1.807) is 7.11 Å². The van der Waals surface area contributed by atoms with E-state index in [1.165, 1.54) is 0 Å². The number of rotatable bonds is 8. The Labute approximate surface area is 189 Å². The van der Waals surface area contributed by atoms with Gasteiger partial charge in [-0.1, -0.05) is 30.3 Å². The first-order valence-corrected chi connectivity index (χ1v) is 11.3. The van der Waals surface area contributed by atoms with Crippen LogP contribution in [0, 0.1) is 0 Å². The third kappa shape index (κ3) is 5.59. The summed E-state index contributed by atoms with van der Waals surface area (Å²) in [7, 11) is 1.67. The Morgan fingerprint density at radius 1 is 1.19 bits per heavy atom.